The van der Waals surface area contributed by atoms with Crippen molar-refractivity contribution in [1.29, 1.82) is 0 Å². The topological polar surface area (TPSA) is 47.6 Å². The van der Waals surface area contributed by atoms with Gasteiger partial charge in [0, 0.05) is 17.5 Å². The number of ether oxygens (including phenoxy) is 2. The number of halogens is 5. The van der Waals surface area contributed by atoms with Crippen LogP contribution in [-0.2, 0) is 11.6 Å². The Bertz CT molecular complexity index is 865. The van der Waals surface area contributed by atoms with Crippen molar-refractivity contribution >= 4 is 5.91 Å². The van der Waals surface area contributed by atoms with Crippen LogP contribution >= 0.6 is 0 Å². The second-order valence-corrected chi connectivity index (χ2v) is 6.89. The van der Waals surface area contributed by atoms with Crippen molar-refractivity contribution in [3.05, 3.63) is 59.2 Å². The Kier molecular flexibility index (Phi) is 6.71. The number of hydrogen-bond acceptors (Lipinski definition) is 3. The molecule has 158 valence electrons. The van der Waals surface area contributed by atoms with Crippen molar-refractivity contribution in [2.75, 3.05) is 13.7 Å². The predicted molar refractivity (Wildman–Crippen MR) is 96.4 cm³/mol. The van der Waals surface area contributed by atoms with Gasteiger partial charge in [-0.1, -0.05) is 32.0 Å². The molecule has 0 aromatic heterocycles. The van der Waals surface area contributed by atoms with Gasteiger partial charge in [-0.3, -0.25) is 4.79 Å². The molecule has 0 aliphatic rings. The number of amides is 1. The summed E-state index contributed by atoms with van der Waals surface area (Å²) in [4.78, 5) is 12.4. The van der Waals surface area contributed by atoms with Crippen LogP contribution in [0, 0.1) is 0 Å². The van der Waals surface area contributed by atoms with E-state index in [0.29, 0.717) is 5.56 Å². The predicted octanol–water partition coefficient (Wildman–Crippen LogP) is 5.02. The van der Waals surface area contributed by atoms with Crippen molar-refractivity contribution in [2.24, 2.45) is 0 Å². The third-order valence-electron chi connectivity index (χ3n) is 4.30. The summed E-state index contributed by atoms with van der Waals surface area (Å²) in [6, 6.07) is 8.60. The van der Waals surface area contributed by atoms with Crippen LogP contribution in [0.5, 0.6) is 11.5 Å². The Morgan fingerprint density at radius 1 is 1.03 bits per heavy atom. The maximum atomic E-state index is 12.9. The Hall–Kier alpha value is -2.84. The van der Waals surface area contributed by atoms with Crippen LogP contribution in [0.4, 0.5) is 22.0 Å². The third kappa shape index (κ3) is 5.82. The quantitative estimate of drug-likeness (QED) is 0.644. The lowest BCUT2D eigenvalue weighted by molar-refractivity contribution is -0.137. The molecular formula is C20H20F5NO3. The normalized spacial score (nSPS) is 12.0. The van der Waals surface area contributed by atoms with Crippen LogP contribution in [-0.4, -0.2) is 26.2 Å². The molecule has 0 aliphatic heterocycles. The molecule has 0 saturated carbocycles. The summed E-state index contributed by atoms with van der Waals surface area (Å²) in [5.74, 6) is -0.801. The van der Waals surface area contributed by atoms with E-state index in [-0.39, 0.29) is 23.6 Å². The zero-order chi connectivity index (χ0) is 21.8. The highest BCUT2D eigenvalue weighted by Crippen LogP contribution is 2.33. The molecule has 2 rings (SSSR count). The highest BCUT2D eigenvalue weighted by atomic mass is 19.4. The summed E-state index contributed by atoms with van der Waals surface area (Å²) < 4.78 is 72.8. The fourth-order valence-corrected chi connectivity index (χ4v) is 2.62. The summed E-state index contributed by atoms with van der Waals surface area (Å²) in [5, 5.41) is 2.64. The number of hydrogen-bond donors (Lipinski definition) is 1. The van der Waals surface area contributed by atoms with Crippen LogP contribution in [0.15, 0.2) is 42.5 Å². The number of carbonyl (C=O) groups is 1. The van der Waals surface area contributed by atoms with E-state index in [1.807, 2.05) is 0 Å². The molecule has 0 saturated heterocycles. The fourth-order valence-electron chi connectivity index (χ4n) is 2.62. The molecule has 0 unspecified atom stereocenters. The van der Waals surface area contributed by atoms with Crippen molar-refractivity contribution in [1.82, 2.24) is 5.32 Å². The van der Waals surface area contributed by atoms with E-state index in [1.54, 1.807) is 19.9 Å². The number of nitrogens with one attached hydrogen (secondary N) is 1. The minimum Gasteiger partial charge on any atom is -0.493 e. The van der Waals surface area contributed by atoms with E-state index >= 15 is 0 Å². The lowest BCUT2D eigenvalue weighted by Gasteiger charge is -2.26. The van der Waals surface area contributed by atoms with Gasteiger partial charge in [-0.25, -0.2) is 0 Å². The molecule has 0 radical (unpaired) electrons. The van der Waals surface area contributed by atoms with Gasteiger partial charge in [-0.2, -0.15) is 22.0 Å². The zero-order valence-electron chi connectivity index (χ0n) is 15.9. The van der Waals surface area contributed by atoms with Crippen molar-refractivity contribution in [3.63, 3.8) is 0 Å². The maximum Gasteiger partial charge on any atom is 0.416 e. The molecule has 2 aromatic rings. The van der Waals surface area contributed by atoms with E-state index in [1.165, 1.54) is 31.4 Å². The van der Waals surface area contributed by atoms with Crippen molar-refractivity contribution in [2.45, 2.75) is 32.1 Å². The Morgan fingerprint density at radius 3 is 2.28 bits per heavy atom. The van der Waals surface area contributed by atoms with E-state index < -0.39 is 29.7 Å². The molecule has 9 heteroatoms. The smallest absolute Gasteiger partial charge is 0.416 e. The molecule has 2 aromatic carbocycles. The van der Waals surface area contributed by atoms with Gasteiger partial charge >= 0.3 is 12.8 Å². The molecule has 1 N–H and O–H groups in total. The van der Waals surface area contributed by atoms with Crippen LogP contribution in [0.1, 0.15) is 35.3 Å². The van der Waals surface area contributed by atoms with Gasteiger partial charge in [-0.05, 0) is 29.8 Å². The van der Waals surface area contributed by atoms with Gasteiger partial charge < -0.3 is 14.8 Å². The van der Waals surface area contributed by atoms with Crippen LogP contribution in [0.3, 0.4) is 0 Å². The zero-order valence-corrected chi connectivity index (χ0v) is 15.9. The average molecular weight is 417 g/mol. The van der Waals surface area contributed by atoms with Crippen LogP contribution < -0.4 is 14.8 Å². The molecule has 0 fully saturated rings. The van der Waals surface area contributed by atoms with Gasteiger partial charge in [0.15, 0.2) is 11.5 Å². The standard InChI is InChI=1S/C20H20F5NO3/c1-19(2,13-5-4-6-14(10-13)20(23,24)25)11-26-17(27)12-7-8-15(29-18(21)22)16(9-12)28-3/h4-10,18H,11H2,1-3H3,(H,26,27). The highest BCUT2D eigenvalue weighted by Gasteiger charge is 2.32. The first kappa shape index (κ1) is 22.4. The van der Waals surface area contributed by atoms with Crippen molar-refractivity contribution in [3.8, 4) is 11.5 Å². The Balaban J connectivity index is 2.13. The van der Waals surface area contributed by atoms with Crippen molar-refractivity contribution < 1.29 is 36.2 Å². The number of benzene rings is 2. The minimum atomic E-state index is -4.46. The van der Waals surface area contributed by atoms with E-state index in [9.17, 15) is 26.7 Å². The summed E-state index contributed by atoms with van der Waals surface area (Å²) in [6.45, 7) is 0.396. The van der Waals surface area contributed by atoms with Gasteiger partial charge in [0.1, 0.15) is 0 Å². The second kappa shape index (κ2) is 8.67. The second-order valence-electron chi connectivity index (χ2n) is 6.89. The molecule has 1 amide bonds. The van der Waals surface area contributed by atoms with E-state index in [2.05, 4.69) is 10.1 Å². The first-order valence-corrected chi connectivity index (χ1v) is 8.53. The molecule has 0 aliphatic carbocycles. The molecule has 29 heavy (non-hydrogen) atoms. The van der Waals surface area contributed by atoms with E-state index in [0.717, 1.165) is 12.1 Å². The molecular weight excluding hydrogens is 397 g/mol. The molecule has 4 nitrogen and oxygen atoms in total. The first-order valence-electron chi connectivity index (χ1n) is 8.53. The SMILES string of the molecule is COc1cc(C(=O)NCC(C)(C)c2cccc(C(F)(F)F)c2)ccc1OC(F)F. The maximum absolute atomic E-state index is 12.9. The van der Waals surface area contributed by atoms with Gasteiger partial charge in [0.25, 0.3) is 5.91 Å². The van der Waals surface area contributed by atoms with Gasteiger partial charge in [0.05, 0.1) is 12.7 Å². The Labute approximate surface area is 164 Å². The van der Waals surface area contributed by atoms with Crippen LogP contribution in [0.2, 0.25) is 0 Å². The first-order chi connectivity index (χ1) is 13.4. The number of alkyl halides is 5. The number of rotatable bonds is 7. The minimum absolute atomic E-state index is 0.0462. The van der Waals surface area contributed by atoms with Gasteiger partial charge in [-0.15, -0.1) is 0 Å². The summed E-state index contributed by atoms with van der Waals surface area (Å²) in [6.07, 6.45) is -4.46. The van der Waals surface area contributed by atoms with E-state index in [4.69, 9.17) is 4.74 Å². The number of carbonyl (C=O) groups excluding carboxylic acids is 1. The number of methoxy groups -OCH3 is 1. The lowest BCUT2D eigenvalue weighted by atomic mass is 9.83. The highest BCUT2D eigenvalue weighted by molar-refractivity contribution is 5.95. The van der Waals surface area contributed by atoms with Gasteiger partial charge in [0.2, 0.25) is 0 Å². The lowest BCUT2D eigenvalue weighted by Crippen LogP contribution is -2.36. The summed E-state index contributed by atoms with van der Waals surface area (Å²) in [7, 11) is 1.24. The molecule has 0 heterocycles. The molecule has 0 atom stereocenters. The monoisotopic (exact) mass is 417 g/mol. The molecule has 0 bridgehead atoms. The third-order valence-corrected chi connectivity index (χ3v) is 4.30. The average Bonchev–Trinajstić information content (AvgIpc) is 2.65. The summed E-state index contributed by atoms with van der Waals surface area (Å²) >= 11 is 0. The Morgan fingerprint density at radius 2 is 1.69 bits per heavy atom. The fraction of sp³-hybridized carbons (Fsp3) is 0.350. The molecule has 0 spiro atoms. The largest absolute Gasteiger partial charge is 0.493 e. The van der Waals surface area contributed by atoms with Crippen LogP contribution in [0.25, 0.3) is 0 Å². The summed E-state index contributed by atoms with van der Waals surface area (Å²) in [5.41, 5.74) is -1.03.